The molecule has 1 saturated carbocycles. The van der Waals surface area contributed by atoms with Gasteiger partial charge in [0.05, 0.1) is 0 Å². The fourth-order valence-electron chi connectivity index (χ4n) is 3.88. The Balaban J connectivity index is 1.23. The van der Waals surface area contributed by atoms with Crippen molar-refractivity contribution in [2.45, 2.75) is 51.3 Å². The first-order valence-corrected chi connectivity index (χ1v) is 10.3. The lowest BCUT2D eigenvalue weighted by Gasteiger charge is -2.29. The third kappa shape index (κ3) is 5.05. The molecule has 0 bridgehead atoms. The van der Waals surface area contributed by atoms with Gasteiger partial charge in [0.2, 0.25) is 5.88 Å². The van der Waals surface area contributed by atoms with Crippen molar-refractivity contribution in [1.82, 2.24) is 15.6 Å². The van der Waals surface area contributed by atoms with E-state index in [-0.39, 0.29) is 18.2 Å². The van der Waals surface area contributed by atoms with Crippen LogP contribution in [0.15, 0.2) is 60.8 Å². The Bertz CT molecular complexity index is 958. The van der Waals surface area contributed by atoms with Crippen molar-refractivity contribution < 1.29 is 9.53 Å². The third-order valence-corrected chi connectivity index (χ3v) is 5.50. The first-order valence-electron chi connectivity index (χ1n) is 10.3. The van der Waals surface area contributed by atoms with Crippen LogP contribution in [-0.2, 0) is 6.54 Å². The molecule has 29 heavy (non-hydrogen) atoms. The summed E-state index contributed by atoms with van der Waals surface area (Å²) in [6.45, 7) is 2.53. The molecule has 3 aromatic rings. The maximum absolute atomic E-state index is 12.4. The van der Waals surface area contributed by atoms with Gasteiger partial charge in [-0.25, -0.2) is 9.78 Å². The van der Waals surface area contributed by atoms with Crippen LogP contribution < -0.4 is 15.4 Å². The Hall–Kier alpha value is -3.08. The number of nitrogens with one attached hydrogen (secondary N) is 2. The molecule has 0 atom stereocenters. The minimum Gasteiger partial charge on any atom is -0.474 e. The number of fused-ring (bicyclic) bond motifs is 1. The molecule has 2 N–H and O–H groups in total. The molecule has 1 heterocycles. The number of nitrogens with zero attached hydrogens (tertiary/aromatic N) is 1. The Labute approximate surface area is 171 Å². The maximum Gasteiger partial charge on any atom is 0.315 e. The van der Waals surface area contributed by atoms with Crippen LogP contribution in [0.2, 0.25) is 0 Å². The van der Waals surface area contributed by atoms with Crippen LogP contribution in [-0.4, -0.2) is 23.2 Å². The highest BCUT2D eigenvalue weighted by Gasteiger charge is 2.23. The highest BCUT2D eigenvalue weighted by Crippen LogP contribution is 2.23. The molecule has 0 aliphatic heterocycles. The summed E-state index contributed by atoms with van der Waals surface area (Å²) in [4.78, 5) is 16.7. The number of aromatic nitrogens is 1. The average Bonchev–Trinajstić information content (AvgIpc) is 2.75. The van der Waals surface area contributed by atoms with Crippen molar-refractivity contribution in [1.29, 1.82) is 0 Å². The first-order chi connectivity index (χ1) is 14.2. The van der Waals surface area contributed by atoms with Crippen molar-refractivity contribution in [2.24, 2.45) is 0 Å². The van der Waals surface area contributed by atoms with Crippen LogP contribution in [0.4, 0.5) is 4.79 Å². The van der Waals surface area contributed by atoms with Crippen LogP contribution in [0.25, 0.3) is 10.8 Å². The number of aryl methyl sites for hydroxylation is 1. The van der Waals surface area contributed by atoms with Gasteiger partial charge >= 0.3 is 6.03 Å². The van der Waals surface area contributed by atoms with E-state index in [0.717, 1.165) is 36.8 Å². The summed E-state index contributed by atoms with van der Waals surface area (Å²) in [6, 6.07) is 18.4. The van der Waals surface area contributed by atoms with Gasteiger partial charge in [-0.15, -0.1) is 0 Å². The molecule has 4 rings (SSSR count). The summed E-state index contributed by atoms with van der Waals surface area (Å²) in [6.07, 6.45) is 5.66. The highest BCUT2D eigenvalue weighted by molar-refractivity contribution is 5.86. The zero-order chi connectivity index (χ0) is 20.1. The Morgan fingerprint density at radius 1 is 1.03 bits per heavy atom. The second kappa shape index (κ2) is 8.95. The summed E-state index contributed by atoms with van der Waals surface area (Å²) >= 11 is 0. The standard InChI is InChI=1S/C24H27N3O2/c1-17-9-14-23(25-15-17)29-21-12-10-20(11-13-21)27-24(28)26-16-19-7-4-6-18-5-2-3-8-22(18)19/h2-9,14-15,20-21H,10-13,16H2,1H3,(H2,26,27,28). The summed E-state index contributed by atoms with van der Waals surface area (Å²) in [7, 11) is 0. The van der Waals surface area contributed by atoms with Crippen LogP contribution in [0.1, 0.15) is 36.8 Å². The van der Waals surface area contributed by atoms with Crippen LogP contribution in [0.5, 0.6) is 5.88 Å². The molecule has 2 aromatic carbocycles. The minimum absolute atomic E-state index is 0.109. The second-order valence-corrected chi connectivity index (χ2v) is 7.73. The van der Waals surface area contributed by atoms with E-state index in [4.69, 9.17) is 4.74 Å². The molecule has 0 unspecified atom stereocenters. The number of benzene rings is 2. The van der Waals surface area contributed by atoms with Crippen molar-refractivity contribution in [3.8, 4) is 5.88 Å². The number of amides is 2. The lowest BCUT2D eigenvalue weighted by Crippen LogP contribution is -2.44. The van der Waals surface area contributed by atoms with Gasteiger partial charge in [0.1, 0.15) is 6.10 Å². The lowest BCUT2D eigenvalue weighted by molar-refractivity contribution is 0.135. The summed E-state index contributed by atoms with van der Waals surface area (Å²) in [5, 5.41) is 8.48. The molecule has 150 valence electrons. The molecular weight excluding hydrogens is 362 g/mol. The van der Waals surface area contributed by atoms with E-state index >= 15 is 0 Å². The van der Waals surface area contributed by atoms with Crippen molar-refractivity contribution >= 4 is 16.8 Å². The fourth-order valence-corrected chi connectivity index (χ4v) is 3.88. The Morgan fingerprint density at radius 3 is 2.62 bits per heavy atom. The minimum atomic E-state index is -0.109. The predicted molar refractivity (Wildman–Crippen MR) is 115 cm³/mol. The monoisotopic (exact) mass is 389 g/mol. The van der Waals surface area contributed by atoms with Gasteiger partial charge in [0, 0.05) is 24.8 Å². The summed E-state index contributed by atoms with van der Waals surface area (Å²) in [5.74, 6) is 0.680. The Kier molecular flexibility index (Phi) is 5.94. The Morgan fingerprint density at radius 2 is 1.83 bits per heavy atom. The molecule has 0 radical (unpaired) electrons. The molecule has 1 fully saturated rings. The number of hydrogen-bond acceptors (Lipinski definition) is 3. The van der Waals surface area contributed by atoms with Crippen molar-refractivity contribution in [3.63, 3.8) is 0 Å². The van der Waals surface area contributed by atoms with Crippen molar-refractivity contribution in [2.75, 3.05) is 0 Å². The van der Waals surface area contributed by atoms with Gasteiger partial charge < -0.3 is 15.4 Å². The van der Waals surface area contributed by atoms with Gasteiger partial charge in [-0.1, -0.05) is 48.5 Å². The van der Waals surface area contributed by atoms with Crippen LogP contribution >= 0.6 is 0 Å². The zero-order valence-corrected chi connectivity index (χ0v) is 16.7. The number of carbonyl (C=O) groups excluding carboxylic acids is 1. The largest absolute Gasteiger partial charge is 0.474 e. The van der Waals surface area contributed by atoms with Crippen LogP contribution in [0, 0.1) is 6.92 Å². The van der Waals surface area contributed by atoms with E-state index in [1.54, 1.807) is 0 Å². The number of ether oxygens (including phenoxy) is 1. The molecule has 1 aliphatic carbocycles. The molecule has 1 aromatic heterocycles. The molecular formula is C24H27N3O2. The summed E-state index contributed by atoms with van der Waals surface area (Å²) in [5.41, 5.74) is 2.25. The van der Waals surface area contributed by atoms with Gasteiger partial charge in [0.15, 0.2) is 0 Å². The maximum atomic E-state index is 12.4. The first kappa shape index (κ1) is 19.2. The van der Waals surface area contributed by atoms with E-state index in [9.17, 15) is 4.79 Å². The second-order valence-electron chi connectivity index (χ2n) is 7.73. The van der Waals surface area contributed by atoms with E-state index in [1.165, 1.54) is 10.8 Å². The molecule has 1 aliphatic rings. The lowest BCUT2D eigenvalue weighted by atomic mass is 9.93. The van der Waals surface area contributed by atoms with Gasteiger partial charge in [-0.05, 0) is 54.5 Å². The molecule has 5 heteroatoms. The average molecular weight is 389 g/mol. The topological polar surface area (TPSA) is 63.2 Å². The van der Waals surface area contributed by atoms with E-state index in [2.05, 4.69) is 39.9 Å². The zero-order valence-electron chi connectivity index (χ0n) is 16.7. The summed E-state index contributed by atoms with van der Waals surface area (Å²) < 4.78 is 5.97. The number of hydrogen-bond donors (Lipinski definition) is 2. The SMILES string of the molecule is Cc1ccc(OC2CCC(NC(=O)NCc3cccc4ccccc34)CC2)nc1. The normalized spacial score (nSPS) is 18.9. The highest BCUT2D eigenvalue weighted by atomic mass is 16.5. The van der Waals surface area contributed by atoms with Crippen molar-refractivity contribution in [3.05, 3.63) is 71.9 Å². The smallest absolute Gasteiger partial charge is 0.315 e. The van der Waals surface area contributed by atoms with Crippen LogP contribution in [0.3, 0.4) is 0 Å². The third-order valence-electron chi connectivity index (χ3n) is 5.50. The van der Waals surface area contributed by atoms with Gasteiger partial charge in [0.25, 0.3) is 0 Å². The number of rotatable bonds is 5. The van der Waals surface area contributed by atoms with E-state index in [0.29, 0.717) is 12.4 Å². The van der Waals surface area contributed by atoms with Gasteiger partial charge in [-0.3, -0.25) is 0 Å². The number of carbonyl (C=O) groups is 1. The molecule has 5 nitrogen and oxygen atoms in total. The molecule has 2 amide bonds. The quantitative estimate of drug-likeness (QED) is 0.663. The van der Waals surface area contributed by atoms with E-state index in [1.807, 2.05) is 43.5 Å². The van der Waals surface area contributed by atoms with E-state index < -0.39 is 0 Å². The molecule has 0 spiro atoms. The predicted octanol–water partition coefficient (Wildman–Crippen LogP) is 4.73. The number of urea groups is 1. The fraction of sp³-hybridized carbons (Fsp3) is 0.333. The molecule has 0 saturated heterocycles. The number of pyridine rings is 1. The van der Waals surface area contributed by atoms with Gasteiger partial charge in [-0.2, -0.15) is 0 Å².